The van der Waals surface area contributed by atoms with E-state index in [2.05, 4.69) is 19.0 Å². The highest BCUT2D eigenvalue weighted by Crippen LogP contribution is 2.30. The van der Waals surface area contributed by atoms with Crippen LogP contribution in [-0.4, -0.2) is 23.6 Å². The van der Waals surface area contributed by atoms with Gasteiger partial charge in [0.25, 0.3) is 0 Å². The Labute approximate surface area is 73.4 Å². The van der Waals surface area contributed by atoms with Crippen molar-refractivity contribution in [3.63, 3.8) is 0 Å². The van der Waals surface area contributed by atoms with Crippen molar-refractivity contribution < 1.29 is 9.94 Å². The smallest absolute Gasteiger partial charge is 0.0658 e. The van der Waals surface area contributed by atoms with Crippen LogP contribution in [0.3, 0.4) is 0 Å². The Hall–Kier alpha value is -0.570. The van der Waals surface area contributed by atoms with Crippen LogP contribution < -0.4 is 0 Å². The normalized spacial score (nSPS) is 37.3. The van der Waals surface area contributed by atoms with Crippen molar-refractivity contribution in [2.45, 2.75) is 38.7 Å². The fourth-order valence-electron chi connectivity index (χ4n) is 1.64. The lowest BCUT2D eigenvalue weighted by molar-refractivity contribution is -0.0764. The summed E-state index contributed by atoms with van der Waals surface area (Å²) in [4.78, 5) is 0. The molecule has 3 nitrogen and oxygen atoms in total. The van der Waals surface area contributed by atoms with E-state index in [0.717, 1.165) is 25.9 Å². The molecule has 1 aliphatic rings. The summed E-state index contributed by atoms with van der Waals surface area (Å²) in [5.41, 5.74) is -0.00981. The van der Waals surface area contributed by atoms with Crippen molar-refractivity contribution in [2.75, 3.05) is 6.61 Å². The van der Waals surface area contributed by atoms with E-state index in [1.54, 1.807) is 6.21 Å². The van der Waals surface area contributed by atoms with Crippen LogP contribution in [0, 0.1) is 5.92 Å². The van der Waals surface area contributed by atoms with Gasteiger partial charge in [-0.15, -0.1) is 5.16 Å². The van der Waals surface area contributed by atoms with E-state index < -0.39 is 0 Å². The molecule has 1 fully saturated rings. The van der Waals surface area contributed by atoms with Crippen molar-refractivity contribution in [3.8, 4) is 0 Å². The van der Waals surface area contributed by atoms with E-state index in [-0.39, 0.29) is 5.60 Å². The van der Waals surface area contributed by atoms with Crippen molar-refractivity contribution in [1.82, 2.24) is 0 Å². The highest BCUT2D eigenvalue weighted by Gasteiger charge is 2.30. The summed E-state index contributed by atoms with van der Waals surface area (Å²) in [6.45, 7) is 5.02. The first kappa shape index (κ1) is 9.52. The van der Waals surface area contributed by atoms with E-state index in [1.165, 1.54) is 0 Å². The maximum atomic E-state index is 8.39. The SMILES string of the molecule is CC[C@@]1(C)C[C@@H](/C=N\O)CCO1. The fraction of sp³-hybridized carbons (Fsp3) is 0.889. The van der Waals surface area contributed by atoms with Gasteiger partial charge < -0.3 is 9.94 Å². The summed E-state index contributed by atoms with van der Waals surface area (Å²) in [5.74, 6) is 0.383. The summed E-state index contributed by atoms with van der Waals surface area (Å²) < 4.78 is 5.65. The summed E-state index contributed by atoms with van der Waals surface area (Å²) >= 11 is 0. The molecule has 0 spiro atoms. The molecule has 0 unspecified atom stereocenters. The Morgan fingerprint density at radius 1 is 1.75 bits per heavy atom. The Morgan fingerprint density at radius 2 is 2.50 bits per heavy atom. The van der Waals surface area contributed by atoms with Gasteiger partial charge in [0.1, 0.15) is 0 Å². The molecule has 0 saturated carbocycles. The Kier molecular flexibility index (Phi) is 3.09. The average molecular weight is 171 g/mol. The molecule has 1 saturated heterocycles. The lowest BCUT2D eigenvalue weighted by Gasteiger charge is -2.36. The largest absolute Gasteiger partial charge is 0.411 e. The van der Waals surface area contributed by atoms with Crippen LogP contribution in [0.2, 0.25) is 0 Å². The van der Waals surface area contributed by atoms with Crippen molar-refractivity contribution in [1.29, 1.82) is 0 Å². The van der Waals surface area contributed by atoms with Gasteiger partial charge >= 0.3 is 0 Å². The molecule has 0 radical (unpaired) electrons. The molecule has 1 N–H and O–H groups in total. The van der Waals surface area contributed by atoms with Gasteiger partial charge in [0.15, 0.2) is 0 Å². The van der Waals surface area contributed by atoms with Gasteiger partial charge in [-0.25, -0.2) is 0 Å². The molecular formula is C9H17NO2. The molecule has 0 aromatic carbocycles. The standard InChI is InChI=1S/C9H17NO2/c1-3-9(2)6-8(7-10-11)4-5-12-9/h7-8,11H,3-6H2,1-2H3/b10-7-/t8-,9-/m0/s1. The molecule has 1 heterocycles. The Morgan fingerprint density at radius 3 is 3.08 bits per heavy atom. The first-order valence-corrected chi connectivity index (χ1v) is 4.52. The molecule has 70 valence electrons. The zero-order valence-corrected chi connectivity index (χ0v) is 7.79. The first-order chi connectivity index (χ1) is 5.70. The molecule has 2 atom stereocenters. The third kappa shape index (κ3) is 2.21. The second kappa shape index (κ2) is 3.90. The maximum absolute atomic E-state index is 8.39. The van der Waals surface area contributed by atoms with Crippen LogP contribution >= 0.6 is 0 Å². The minimum Gasteiger partial charge on any atom is -0.411 e. The number of nitrogens with zero attached hydrogens (tertiary/aromatic N) is 1. The van der Waals surface area contributed by atoms with Crippen LogP contribution in [0.4, 0.5) is 0 Å². The Balaban J connectivity index is 2.50. The number of oxime groups is 1. The van der Waals surface area contributed by atoms with E-state index >= 15 is 0 Å². The molecule has 0 aliphatic carbocycles. The first-order valence-electron chi connectivity index (χ1n) is 4.52. The second-order valence-electron chi connectivity index (χ2n) is 3.67. The molecule has 12 heavy (non-hydrogen) atoms. The van der Waals surface area contributed by atoms with Crippen LogP contribution in [0.1, 0.15) is 33.1 Å². The molecular weight excluding hydrogens is 154 g/mol. The van der Waals surface area contributed by atoms with Crippen LogP contribution in [0.15, 0.2) is 5.16 Å². The summed E-state index contributed by atoms with van der Waals surface area (Å²) in [7, 11) is 0. The minimum atomic E-state index is -0.00981. The van der Waals surface area contributed by atoms with Gasteiger partial charge in [-0.2, -0.15) is 0 Å². The van der Waals surface area contributed by atoms with Gasteiger partial charge in [0, 0.05) is 18.7 Å². The van der Waals surface area contributed by atoms with Crippen molar-refractivity contribution >= 4 is 6.21 Å². The van der Waals surface area contributed by atoms with Crippen LogP contribution in [0.5, 0.6) is 0 Å². The molecule has 3 heteroatoms. The zero-order chi connectivity index (χ0) is 9.03. The summed E-state index contributed by atoms with van der Waals surface area (Å²) in [5, 5.41) is 11.5. The minimum absolute atomic E-state index is 0.00981. The third-order valence-corrected chi connectivity index (χ3v) is 2.66. The molecule has 0 aromatic rings. The van der Waals surface area contributed by atoms with Crippen molar-refractivity contribution in [2.24, 2.45) is 11.1 Å². The van der Waals surface area contributed by atoms with Crippen LogP contribution in [0.25, 0.3) is 0 Å². The number of rotatable bonds is 2. The number of ether oxygens (including phenoxy) is 1. The van der Waals surface area contributed by atoms with E-state index in [4.69, 9.17) is 9.94 Å². The predicted octanol–water partition coefficient (Wildman–Crippen LogP) is 2.04. The predicted molar refractivity (Wildman–Crippen MR) is 47.7 cm³/mol. The van der Waals surface area contributed by atoms with Gasteiger partial charge in [-0.1, -0.05) is 6.92 Å². The third-order valence-electron chi connectivity index (χ3n) is 2.66. The van der Waals surface area contributed by atoms with Gasteiger partial charge in [0.05, 0.1) is 5.60 Å². The average Bonchev–Trinajstić information content (AvgIpc) is 2.05. The molecule has 0 amide bonds. The quantitative estimate of drug-likeness (QED) is 0.392. The van der Waals surface area contributed by atoms with E-state index in [1.807, 2.05) is 0 Å². The fourth-order valence-corrected chi connectivity index (χ4v) is 1.64. The molecule has 1 rings (SSSR count). The monoisotopic (exact) mass is 171 g/mol. The van der Waals surface area contributed by atoms with Gasteiger partial charge in [0.2, 0.25) is 0 Å². The highest BCUT2D eigenvalue weighted by atomic mass is 16.5. The molecule has 0 bridgehead atoms. The molecule has 1 aliphatic heterocycles. The Bertz CT molecular complexity index is 170. The lowest BCUT2D eigenvalue weighted by atomic mass is 9.86. The topological polar surface area (TPSA) is 41.8 Å². The maximum Gasteiger partial charge on any atom is 0.0658 e. The van der Waals surface area contributed by atoms with Gasteiger partial charge in [-0.3, -0.25) is 0 Å². The second-order valence-corrected chi connectivity index (χ2v) is 3.67. The summed E-state index contributed by atoms with van der Waals surface area (Å²) in [6.07, 6.45) is 4.58. The van der Waals surface area contributed by atoms with E-state index in [0.29, 0.717) is 5.92 Å². The molecule has 0 aromatic heterocycles. The van der Waals surface area contributed by atoms with Crippen LogP contribution in [-0.2, 0) is 4.74 Å². The van der Waals surface area contributed by atoms with Crippen molar-refractivity contribution in [3.05, 3.63) is 0 Å². The van der Waals surface area contributed by atoms with Gasteiger partial charge in [-0.05, 0) is 26.2 Å². The highest BCUT2D eigenvalue weighted by molar-refractivity contribution is 5.60. The summed E-state index contributed by atoms with van der Waals surface area (Å²) in [6, 6.07) is 0. The number of hydrogen-bond donors (Lipinski definition) is 1. The number of hydrogen-bond acceptors (Lipinski definition) is 3. The lowest BCUT2D eigenvalue weighted by Crippen LogP contribution is -2.36. The zero-order valence-electron chi connectivity index (χ0n) is 7.79. The van der Waals surface area contributed by atoms with E-state index in [9.17, 15) is 0 Å².